The molecule has 17 heavy (non-hydrogen) atoms. The quantitative estimate of drug-likeness (QED) is 0.846. The fraction of sp³-hybridized carbons (Fsp3) is 0.667. The number of hydrogen-bond acceptors (Lipinski definition) is 4. The molecule has 1 aliphatic heterocycles. The number of aromatic nitrogens is 2. The van der Waals surface area contributed by atoms with Crippen LogP contribution in [0.25, 0.3) is 0 Å². The first-order chi connectivity index (χ1) is 8.29. The lowest BCUT2D eigenvalue weighted by atomic mass is 9.99. The van der Waals surface area contributed by atoms with Gasteiger partial charge in [0.15, 0.2) is 0 Å². The van der Waals surface area contributed by atoms with Crippen LogP contribution in [-0.4, -0.2) is 36.1 Å². The smallest absolute Gasteiger partial charge is 0.225 e. The first-order valence-corrected chi connectivity index (χ1v) is 7.30. The molecule has 0 aliphatic carbocycles. The zero-order valence-corrected chi connectivity index (χ0v) is 12.4. The third-order valence-corrected chi connectivity index (χ3v) is 3.71. The summed E-state index contributed by atoms with van der Waals surface area (Å²) in [6.45, 7) is 6.49. The molecule has 1 fully saturated rings. The molecule has 0 spiro atoms. The summed E-state index contributed by atoms with van der Waals surface area (Å²) in [5.41, 5.74) is 0. The van der Waals surface area contributed by atoms with Gasteiger partial charge in [0.1, 0.15) is 0 Å². The first kappa shape index (κ1) is 13.0. The number of nitrogens with one attached hydrogen (secondary N) is 1. The van der Waals surface area contributed by atoms with Crippen LogP contribution < -0.4 is 10.2 Å². The summed E-state index contributed by atoms with van der Waals surface area (Å²) in [4.78, 5) is 11.1. The minimum atomic E-state index is 0.728. The molecule has 0 amide bonds. The van der Waals surface area contributed by atoms with Crippen molar-refractivity contribution in [1.82, 2.24) is 15.3 Å². The van der Waals surface area contributed by atoms with E-state index in [-0.39, 0.29) is 0 Å². The zero-order valence-electron chi connectivity index (χ0n) is 10.2. The van der Waals surface area contributed by atoms with Crippen LogP contribution in [0.15, 0.2) is 12.4 Å². The SMILES string of the molecule is CCN(CC1CCCNC1)c1ncc(I)cn1. The average molecular weight is 346 g/mol. The molecule has 94 valence electrons. The maximum Gasteiger partial charge on any atom is 0.225 e. The molecular formula is C12H19IN4. The lowest BCUT2D eigenvalue weighted by molar-refractivity contribution is 0.376. The Morgan fingerprint density at radius 3 is 2.82 bits per heavy atom. The van der Waals surface area contributed by atoms with Crippen molar-refractivity contribution in [3.05, 3.63) is 16.0 Å². The fourth-order valence-electron chi connectivity index (χ4n) is 2.21. The molecule has 0 saturated carbocycles. The summed E-state index contributed by atoms with van der Waals surface area (Å²) < 4.78 is 1.08. The monoisotopic (exact) mass is 346 g/mol. The second-order valence-corrected chi connectivity index (χ2v) is 5.70. The van der Waals surface area contributed by atoms with Crippen molar-refractivity contribution in [3.63, 3.8) is 0 Å². The van der Waals surface area contributed by atoms with E-state index in [4.69, 9.17) is 0 Å². The summed E-state index contributed by atoms with van der Waals surface area (Å²) in [7, 11) is 0. The highest BCUT2D eigenvalue weighted by Crippen LogP contribution is 2.15. The Morgan fingerprint density at radius 2 is 2.24 bits per heavy atom. The van der Waals surface area contributed by atoms with E-state index in [0.29, 0.717) is 0 Å². The van der Waals surface area contributed by atoms with E-state index >= 15 is 0 Å². The van der Waals surface area contributed by atoms with Gasteiger partial charge in [0, 0.05) is 29.1 Å². The lowest BCUT2D eigenvalue weighted by Gasteiger charge is -2.29. The molecule has 1 unspecified atom stereocenters. The van der Waals surface area contributed by atoms with Crippen molar-refractivity contribution in [2.45, 2.75) is 19.8 Å². The highest BCUT2D eigenvalue weighted by atomic mass is 127. The molecule has 1 aromatic rings. The maximum absolute atomic E-state index is 4.40. The average Bonchev–Trinajstić information content (AvgIpc) is 2.38. The molecule has 1 aromatic heterocycles. The van der Waals surface area contributed by atoms with Crippen molar-refractivity contribution in [1.29, 1.82) is 0 Å². The van der Waals surface area contributed by atoms with Crippen LogP contribution in [0.1, 0.15) is 19.8 Å². The van der Waals surface area contributed by atoms with Gasteiger partial charge in [-0.1, -0.05) is 0 Å². The molecule has 1 atom stereocenters. The summed E-state index contributed by atoms with van der Waals surface area (Å²) in [6, 6.07) is 0. The number of halogens is 1. The van der Waals surface area contributed by atoms with Crippen molar-refractivity contribution < 1.29 is 0 Å². The Kier molecular flexibility index (Phi) is 4.97. The van der Waals surface area contributed by atoms with Crippen molar-refractivity contribution in [2.24, 2.45) is 5.92 Å². The predicted octanol–water partition coefficient (Wildman–Crippen LogP) is 1.91. The number of hydrogen-bond donors (Lipinski definition) is 1. The molecule has 0 aromatic carbocycles. The van der Waals surface area contributed by atoms with Crippen molar-refractivity contribution in [2.75, 3.05) is 31.1 Å². The predicted molar refractivity (Wildman–Crippen MR) is 78.2 cm³/mol. The van der Waals surface area contributed by atoms with Gasteiger partial charge in [0.05, 0.1) is 0 Å². The van der Waals surface area contributed by atoms with Crippen molar-refractivity contribution >= 4 is 28.5 Å². The molecule has 4 nitrogen and oxygen atoms in total. The first-order valence-electron chi connectivity index (χ1n) is 6.22. The third-order valence-electron chi connectivity index (χ3n) is 3.15. The minimum Gasteiger partial charge on any atom is -0.341 e. The van der Waals surface area contributed by atoms with Gasteiger partial charge in [-0.25, -0.2) is 9.97 Å². The Morgan fingerprint density at radius 1 is 1.47 bits per heavy atom. The third kappa shape index (κ3) is 3.77. The molecule has 0 radical (unpaired) electrons. The normalized spacial score (nSPS) is 20.2. The van der Waals surface area contributed by atoms with E-state index in [1.54, 1.807) is 0 Å². The van der Waals surface area contributed by atoms with E-state index in [2.05, 4.69) is 49.7 Å². The lowest BCUT2D eigenvalue weighted by Crippen LogP contribution is -2.39. The van der Waals surface area contributed by atoms with Crippen LogP contribution in [0.5, 0.6) is 0 Å². The second kappa shape index (κ2) is 6.49. The number of piperidine rings is 1. The van der Waals surface area contributed by atoms with Gasteiger partial charge in [-0.3, -0.25) is 0 Å². The highest BCUT2D eigenvalue weighted by Gasteiger charge is 2.17. The molecule has 2 heterocycles. The van der Waals surface area contributed by atoms with E-state index in [1.165, 1.54) is 19.4 Å². The fourth-order valence-corrected chi connectivity index (χ4v) is 2.49. The van der Waals surface area contributed by atoms with Crippen LogP contribution in [0.2, 0.25) is 0 Å². The maximum atomic E-state index is 4.40. The van der Waals surface area contributed by atoms with E-state index in [0.717, 1.165) is 35.1 Å². The zero-order chi connectivity index (χ0) is 12.1. The largest absolute Gasteiger partial charge is 0.341 e. The van der Waals surface area contributed by atoms with Crippen LogP contribution in [0.4, 0.5) is 5.95 Å². The van der Waals surface area contributed by atoms with Gasteiger partial charge >= 0.3 is 0 Å². The molecule has 1 saturated heterocycles. The Labute approximate surface area is 116 Å². The Balaban J connectivity index is 1.97. The summed E-state index contributed by atoms with van der Waals surface area (Å²) in [6.07, 6.45) is 6.36. The molecular weight excluding hydrogens is 327 g/mol. The van der Waals surface area contributed by atoms with E-state index < -0.39 is 0 Å². The molecule has 1 N–H and O–H groups in total. The summed E-state index contributed by atoms with van der Waals surface area (Å²) in [5, 5.41) is 3.46. The van der Waals surface area contributed by atoms with Crippen LogP contribution in [0.3, 0.4) is 0 Å². The molecule has 2 rings (SSSR count). The number of nitrogens with zero attached hydrogens (tertiary/aromatic N) is 3. The van der Waals surface area contributed by atoms with Crippen LogP contribution in [0, 0.1) is 9.49 Å². The molecule has 5 heteroatoms. The van der Waals surface area contributed by atoms with Gasteiger partial charge in [-0.2, -0.15) is 0 Å². The Hall–Kier alpha value is -0.430. The van der Waals surface area contributed by atoms with Gasteiger partial charge < -0.3 is 10.2 Å². The molecule has 0 bridgehead atoms. The van der Waals surface area contributed by atoms with Gasteiger partial charge in [-0.05, 0) is 61.4 Å². The second-order valence-electron chi connectivity index (χ2n) is 4.45. The molecule has 1 aliphatic rings. The highest BCUT2D eigenvalue weighted by molar-refractivity contribution is 14.1. The summed E-state index contributed by atoms with van der Waals surface area (Å²) in [5.74, 6) is 1.59. The minimum absolute atomic E-state index is 0.728. The Bertz CT molecular complexity index is 335. The van der Waals surface area contributed by atoms with Crippen molar-refractivity contribution in [3.8, 4) is 0 Å². The standard InChI is InChI=1S/C12H19IN4/c1-2-17(9-10-4-3-5-14-6-10)12-15-7-11(13)8-16-12/h7-8,10,14H,2-6,9H2,1H3. The van der Waals surface area contributed by atoms with Gasteiger partial charge in [0.25, 0.3) is 0 Å². The number of rotatable bonds is 4. The van der Waals surface area contributed by atoms with Gasteiger partial charge in [-0.15, -0.1) is 0 Å². The summed E-state index contributed by atoms with van der Waals surface area (Å²) >= 11 is 2.23. The van der Waals surface area contributed by atoms with Crippen LogP contribution in [-0.2, 0) is 0 Å². The van der Waals surface area contributed by atoms with Gasteiger partial charge in [0.2, 0.25) is 5.95 Å². The topological polar surface area (TPSA) is 41.0 Å². The number of anilines is 1. The van der Waals surface area contributed by atoms with E-state index in [1.807, 2.05) is 12.4 Å². The van der Waals surface area contributed by atoms with Crippen LogP contribution >= 0.6 is 22.6 Å². The van der Waals surface area contributed by atoms with E-state index in [9.17, 15) is 0 Å².